The van der Waals surface area contributed by atoms with Gasteiger partial charge in [0.2, 0.25) is 0 Å². The largest absolute Gasteiger partial charge is 0.507 e. The molecule has 2 aromatic heterocycles. The fourth-order valence-electron chi connectivity index (χ4n) is 7.93. The molecule has 0 amide bonds. The van der Waals surface area contributed by atoms with Gasteiger partial charge < -0.3 is 5.11 Å². The van der Waals surface area contributed by atoms with Crippen molar-refractivity contribution in [2.45, 2.75) is 91.9 Å². The van der Waals surface area contributed by atoms with Gasteiger partial charge in [-0.25, -0.2) is 4.98 Å². The van der Waals surface area contributed by atoms with Gasteiger partial charge in [-0.1, -0.05) is 160 Å². The van der Waals surface area contributed by atoms with Crippen molar-refractivity contribution in [1.29, 1.82) is 0 Å². The lowest BCUT2D eigenvalue weighted by molar-refractivity contribution is 0.466. The Hall–Kier alpha value is -6.26. The van der Waals surface area contributed by atoms with Gasteiger partial charge in [0.15, 0.2) is 0 Å². The summed E-state index contributed by atoms with van der Waals surface area (Å²) < 4.78 is 44.4. The summed E-state index contributed by atoms with van der Waals surface area (Å²) in [6, 6.07) is 35.8. The van der Waals surface area contributed by atoms with Gasteiger partial charge in [-0.15, -0.1) is 0 Å². The monoisotopic (exact) mass is 792 g/mol. The number of imidazole rings is 1. The molecule has 0 atom stereocenters. The second kappa shape index (κ2) is 15.7. The maximum atomic E-state index is 12.3. The predicted molar refractivity (Wildman–Crippen MR) is 253 cm³/mol. The first-order valence-corrected chi connectivity index (χ1v) is 20.9. The van der Waals surface area contributed by atoms with Crippen molar-refractivity contribution in [3.8, 4) is 67.5 Å². The van der Waals surface area contributed by atoms with Gasteiger partial charge in [0.1, 0.15) is 11.6 Å². The maximum Gasteiger partial charge on any atom is 0.149 e. The minimum atomic E-state index is -0.429. The molecule has 1 N–H and O–H groups in total. The zero-order chi connectivity index (χ0) is 46.9. The summed E-state index contributed by atoms with van der Waals surface area (Å²) in [6.45, 7) is 21.8. The molecule has 6 aromatic carbocycles. The quantitative estimate of drug-likeness (QED) is 0.167. The number of aromatic nitrogens is 3. The third-order valence-corrected chi connectivity index (χ3v) is 11.5. The number of hydrogen-bond donors (Lipinski definition) is 1. The normalized spacial score (nSPS) is 13.4. The summed E-state index contributed by atoms with van der Waals surface area (Å²) in [5.74, 6) is 1.13. The third-order valence-electron chi connectivity index (χ3n) is 11.5. The van der Waals surface area contributed by atoms with Gasteiger partial charge in [0.05, 0.1) is 34.8 Å². The van der Waals surface area contributed by atoms with Gasteiger partial charge in [-0.05, 0) is 116 Å². The Balaban J connectivity index is 1.44. The van der Waals surface area contributed by atoms with Crippen molar-refractivity contribution in [2.75, 3.05) is 0 Å². The minimum Gasteiger partial charge on any atom is -0.507 e. The summed E-state index contributed by atoms with van der Waals surface area (Å²) in [4.78, 5) is 10.4. The van der Waals surface area contributed by atoms with Crippen LogP contribution in [0.2, 0.25) is 0 Å². The lowest BCUT2D eigenvalue weighted by Crippen LogP contribution is -2.12. The molecule has 0 spiro atoms. The van der Waals surface area contributed by atoms with Crippen LogP contribution in [-0.4, -0.2) is 19.6 Å². The van der Waals surface area contributed by atoms with Crippen molar-refractivity contribution in [1.82, 2.24) is 14.5 Å². The lowest BCUT2D eigenvalue weighted by atomic mass is 9.83. The number of fused-ring (bicyclic) bond motifs is 1. The van der Waals surface area contributed by atoms with Crippen molar-refractivity contribution in [2.24, 2.45) is 0 Å². The molecule has 0 aliphatic carbocycles. The molecular weight excluding hydrogens is 731 g/mol. The number of phenols is 1. The second-order valence-electron chi connectivity index (χ2n) is 18.6. The van der Waals surface area contributed by atoms with Crippen LogP contribution in [0.25, 0.3) is 72.7 Å². The average molecular weight is 793 g/mol. The zero-order valence-electron chi connectivity index (χ0n) is 41.4. The van der Waals surface area contributed by atoms with Gasteiger partial charge in [-0.3, -0.25) is 9.55 Å². The fraction of sp³-hybridized carbons (Fsp3) is 0.250. The van der Waals surface area contributed by atoms with Crippen LogP contribution in [0, 0.1) is 0 Å². The van der Waals surface area contributed by atoms with E-state index in [1.54, 1.807) is 18.3 Å². The Morgan fingerprint density at radius 2 is 1.30 bits per heavy atom. The van der Waals surface area contributed by atoms with E-state index < -0.39 is 6.04 Å². The van der Waals surface area contributed by atoms with Crippen molar-refractivity contribution in [3.05, 3.63) is 168 Å². The molecule has 0 unspecified atom stereocenters. The first-order valence-electron chi connectivity index (χ1n) is 23.4. The van der Waals surface area contributed by atoms with Gasteiger partial charge >= 0.3 is 0 Å². The van der Waals surface area contributed by atoms with Crippen LogP contribution in [0.15, 0.2) is 146 Å². The van der Waals surface area contributed by atoms with Crippen LogP contribution in [0.3, 0.4) is 0 Å². The molecule has 8 aromatic rings. The first-order chi connectivity index (χ1) is 30.6. The highest BCUT2D eigenvalue weighted by Gasteiger charge is 2.27. The summed E-state index contributed by atoms with van der Waals surface area (Å²) in [6.07, 6.45) is 1.63. The summed E-state index contributed by atoms with van der Waals surface area (Å²) in [5.41, 5.74) is 13.1. The van der Waals surface area contributed by atoms with E-state index in [0.29, 0.717) is 22.6 Å². The van der Waals surface area contributed by atoms with Crippen LogP contribution < -0.4 is 0 Å². The van der Waals surface area contributed by atoms with E-state index in [9.17, 15) is 5.11 Å². The SMILES string of the molecule is [2H]c1c([2H])c([2H])c(-c2ccnc(-c3cc(-c4cccc5c4nc(-c4cc(C(C)C)cc(C(C)C)c4O)n5-c4ccc(C(C)(C)C)cc4-c4ccccc4)cc(C(C)(C)C)c3)c2)c([2H])c1[2H]. The van der Waals surface area contributed by atoms with E-state index in [4.69, 9.17) is 16.8 Å². The standard InChI is InChI=1S/C56H57N3O/c1-35(2)40-31-46(36(3)4)53(60)48(32-40)54-58-52-45(22-17-23-51(52)59(54)50-25-24-43(55(5,6)7)34-47(50)38-20-15-12-16-21-38)41-28-42(30-44(29-41)56(8,9)10)49-33-39(26-27-57-49)37-18-13-11-14-19-37/h11-36,60H,1-10H3/i11D,13D,14D,18D,19D. The van der Waals surface area contributed by atoms with E-state index in [0.717, 1.165) is 61.2 Å². The van der Waals surface area contributed by atoms with Crippen LogP contribution >= 0.6 is 0 Å². The Kier molecular flexibility index (Phi) is 9.07. The van der Waals surface area contributed by atoms with Gasteiger partial charge in [-0.2, -0.15) is 0 Å². The molecule has 0 radical (unpaired) electrons. The number of nitrogens with zero attached hydrogens (tertiary/aromatic N) is 3. The van der Waals surface area contributed by atoms with E-state index in [-0.39, 0.29) is 58.1 Å². The topological polar surface area (TPSA) is 50.9 Å². The number of phenolic OH excluding ortho intramolecular Hbond substituents is 1. The number of aromatic hydroxyl groups is 1. The zero-order valence-corrected chi connectivity index (χ0v) is 36.4. The summed E-state index contributed by atoms with van der Waals surface area (Å²) in [5, 5.41) is 12.3. The number of hydrogen-bond acceptors (Lipinski definition) is 3. The van der Waals surface area contributed by atoms with Crippen molar-refractivity contribution < 1.29 is 12.0 Å². The summed E-state index contributed by atoms with van der Waals surface area (Å²) in [7, 11) is 0. The smallest absolute Gasteiger partial charge is 0.149 e. The fourth-order valence-corrected chi connectivity index (χ4v) is 7.93. The van der Waals surface area contributed by atoms with Crippen LogP contribution in [0.5, 0.6) is 5.75 Å². The molecule has 60 heavy (non-hydrogen) atoms. The maximum absolute atomic E-state index is 12.3. The minimum absolute atomic E-state index is 0.0675. The number of pyridine rings is 1. The molecule has 8 rings (SSSR count). The van der Waals surface area contributed by atoms with Gasteiger partial charge in [0, 0.05) is 22.9 Å². The Morgan fingerprint density at radius 3 is 1.98 bits per heavy atom. The van der Waals surface area contributed by atoms with Crippen LogP contribution in [-0.2, 0) is 10.8 Å². The van der Waals surface area contributed by atoms with E-state index >= 15 is 0 Å². The molecule has 0 saturated heterocycles. The number of benzene rings is 6. The van der Waals surface area contributed by atoms with Gasteiger partial charge in [0.25, 0.3) is 0 Å². The van der Waals surface area contributed by atoms with E-state index in [2.05, 4.69) is 165 Å². The van der Waals surface area contributed by atoms with Crippen molar-refractivity contribution in [3.63, 3.8) is 0 Å². The van der Waals surface area contributed by atoms with E-state index in [1.807, 2.05) is 6.07 Å². The Morgan fingerprint density at radius 1 is 0.583 bits per heavy atom. The first kappa shape index (κ1) is 34.6. The van der Waals surface area contributed by atoms with Crippen molar-refractivity contribution >= 4 is 11.0 Å². The molecular formula is C56H57N3O. The predicted octanol–water partition coefficient (Wildman–Crippen LogP) is 15.3. The Bertz CT molecular complexity index is 3110. The molecule has 4 nitrogen and oxygen atoms in total. The molecule has 302 valence electrons. The van der Waals surface area contributed by atoms with Crippen LogP contribution in [0.1, 0.15) is 110 Å². The molecule has 4 heteroatoms. The van der Waals surface area contributed by atoms with Crippen LogP contribution in [0.4, 0.5) is 0 Å². The molecule has 2 heterocycles. The number of para-hydroxylation sites is 1. The molecule has 0 aliphatic heterocycles. The highest BCUT2D eigenvalue weighted by Crippen LogP contribution is 2.45. The highest BCUT2D eigenvalue weighted by molar-refractivity contribution is 5.98. The molecule has 0 saturated carbocycles. The highest BCUT2D eigenvalue weighted by atomic mass is 16.3. The molecule has 0 fully saturated rings. The summed E-state index contributed by atoms with van der Waals surface area (Å²) >= 11 is 0. The average Bonchev–Trinajstić information content (AvgIpc) is 3.66. The third kappa shape index (κ3) is 7.79. The van der Waals surface area contributed by atoms with E-state index in [1.165, 1.54) is 5.56 Å². The number of rotatable bonds is 8. The Labute approximate surface area is 363 Å². The second-order valence-corrected chi connectivity index (χ2v) is 18.6. The molecule has 0 bridgehead atoms. The molecule has 0 aliphatic rings. The lowest BCUT2D eigenvalue weighted by Gasteiger charge is -2.23.